The van der Waals surface area contributed by atoms with Crippen LogP contribution in [0.25, 0.3) is 10.9 Å². The van der Waals surface area contributed by atoms with Crippen molar-refractivity contribution in [2.75, 3.05) is 11.9 Å². The van der Waals surface area contributed by atoms with Gasteiger partial charge in [-0.3, -0.25) is 9.78 Å². The Morgan fingerprint density at radius 3 is 2.95 bits per heavy atom. The molecule has 1 atom stereocenters. The zero-order valence-electron chi connectivity index (χ0n) is 11.6. The molecule has 0 aliphatic heterocycles. The topological polar surface area (TPSA) is 42.0 Å². The first-order valence-corrected chi connectivity index (χ1v) is 8.02. The van der Waals surface area contributed by atoms with E-state index in [1.54, 1.807) is 12.3 Å². The van der Waals surface area contributed by atoms with Crippen LogP contribution < -0.4 is 5.32 Å². The lowest BCUT2D eigenvalue weighted by Gasteiger charge is -2.09. The average Bonchev–Trinajstić information content (AvgIpc) is 2.50. The van der Waals surface area contributed by atoms with Crippen LogP contribution in [0, 0.1) is 5.92 Å². The highest BCUT2D eigenvalue weighted by Gasteiger charge is 2.09. The summed E-state index contributed by atoms with van der Waals surface area (Å²) in [5.74, 6) is 0.628. The SMILES string of the molecule is CC(CBr)CCCNC(=O)c1ccnc2ccccc12. The molecule has 2 aromatic rings. The highest BCUT2D eigenvalue weighted by atomic mass is 79.9. The maximum atomic E-state index is 12.2. The normalized spacial score (nSPS) is 12.3. The van der Waals surface area contributed by atoms with Crippen LogP contribution in [0.1, 0.15) is 30.1 Å². The lowest BCUT2D eigenvalue weighted by molar-refractivity contribution is 0.0954. The van der Waals surface area contributed by atoms with Crippen LogP contribution in [0.5, 0.6) is 0 Å². The summed E-state index contributed by atoms with van der Waals surface area (Å²) < 4.78 is 0. The Morgan fingerprint density at radius 1 is 1.35 bits per heavy atom. The molecule has 0 aliphatic rings. The van der Waals surface area contributed by atoms with Crippen LogP contribution in [-0.2, 0) is 0 Å². The summed E-state index contributed by atoms with van der Waals surface area (Å²) in [5, 5.41) is 4.90. The van der Waals surface area contributed by atoms with Gasteiger partial charge in [0.1, 0.15) is 0 Å². The number of amides is 1. The van der Waals surface area contributed by atoms with Gasteiger partial charge >= 0.3 is 0 Å². The van der Waals surface area contributed by atoms with E-state index in [-0.39, 0.29) is 5.91 Å². The zero-order valence-corrected chi connectivity index (χ0v) is 13.2. The Balaban J connectivity index is 1.98. The highest BCUT2D eigenvalue weighted by molar-refractivity contribution is 9.09. The molecular formula is C16H19BrN2O. The molecule has 1 aromatic carbocycles. The van der Waals surface area contributed by atoms with Gasteiger partial charge in [-0.15, -0.1) is 0 Å². The molecule has 0 spiro atoms. The van der Waals surface area contributed by atoms with Crippen LogP contribution in [0.4, 0.5) is 0 Å². The molecule has 4 heteroatoms. The van der Waals surface area contributed by atoms with E-state index in [9.17, 15) is 4.79 Å². The van der Waals surface area contributed by atoms with Crippen molar-refractivity contribution < 1.29 is 4.79 Å². The summed E-state index contributed by atoms with van der Waals surface area (Å²) in [4.78, 5) is 16.5. The van der Waals surface area contributed by atoms with Crippen molar-refractivity contribution in [3.05, 3.63) is 42.1 Å². The number of aromatic nitrogens is 1. The number of alkyl halides is 1. The van der Waals surface area contributed by atoms with E-state index in [2.05, 4.69) is 33.2 Å². The third-order valence-corrected chi connectivity index (χ3v) is 4.42. The Morgan fingerprint density at radius 2 is 2.15 bits per heavy atom. The monoisotopic (exact) mass is 334 g/mol. The fourth-order valence-electron chi connectivity index (χ4n) is 2.12. The summed E-state index contributed by atoms with van der Waals surface area (Å²) in [6, 6.07) is 9.49. The summed E-state index contributed by atoms with van der Waals surface area (Å²) in [6.45, 7) is 2.92. The number of rotatable bonds is 6. The second-order valence-electron chi connectivity index (χ2n) is 5.03. The van der Waals surface area contributed by atoms with E-state index < -0.39 is 0 Å². The van der Waals surface area contributed by atoms with Gasteiger partial charge in [0, 0.05) is 23.5 Å². The first kappa shape index (κ1) is 15.0. The molecule has 1 heterocycles. The van der Waals surface area contributed by atoms with Gasteiger partial charge in [-0.2, -0.15) is 0 Å². The Kier molecular flexibility index (Phi) is 5.53. The molecule has 1 aromatic heterocycles. The lowest BCUT2D eigenvalue weighted by Crippen LogP contribution is -2.25. The van der Waals surface area contributed by atoms with Crippen LogP contribution >= 0.6 is 15.9 Å². The highest BCUT2D eigenvalue weighted by Crippen LogP contribution is 2.16. The Bertz CT molecular complexity index is 580. The number of nitrogens with zero attached hydrogens (tertiary/aromatic N) is 1. The summed E-state index contributed by atoms with van der Waals surface area (Å²) in [6.07, 6.45) is 3.80. The standard InChI is InChI=1S/C16H19BrN2O/c1-12(11-17)5-4-9-19-16(20)14-8-10-18-15-7-3-2-6-13(14)15/h2-3,6-8,10,12H,4-5,9,11H2,1H3,(H,19,20). The molecule has 1 unspecified atom stereocenters. The van der Waals surface area contributed by atoms with Crippen molar-refractivity contribution >= 4 is 32.7 Å². The largest absolute Gasteiger partial charge is 0.352 e. The molecule has 3 nitrogen and oxygen atoms in total. The van der Waals surface area contributed by atoms with E-state index in [0.717, 1.165) is 29.1 Å². The number of para-hydroxylation sites is 1. The van der Waals surface area contributed by atoms with Gasteiger partial charge in [-0.1, -0.05) is 41.1 Å². The Hall–Kier alpha value is -1.42. The molecule has 1 amide bonds. The molecule has 1 N–H and O–H groups in total. The number of pyridine rings is 1. The predicted octanol–water partition coefficient (Wildman–Crippen LogP) is 3.78. The van der Waals surface area contributed by atoms with Gasteiger partial charge in [-0.25, -0.2) is 0 Å². The summed E-state index contributed by atoms with van der Waals surface area (Å²) >= 11 is 3.47. The van der Waals surface area contributed by atoms with Crippen LogP contribution in [0.3, 0.4) is 0 Å². The number of hydrogen-bond acceptors (Lipinski definition) is 2. The van der Waals surface area contributed by atoms with E-state index in [1.165, 1.54) is 0 Å². The second-order valence-corrected chi connectivity index (χ2v) is 5.68. The number of hydrogen-bond donors (Lipinski definition) is 1. The predicted molar refractivity (Wildman–Crippen MR) is 86.3 cm³/mol. The van der Waals surface area contributed by atoms with E-state index >= 15 is 0 Å². The van der Waals surface area contributed by atoms with Crippen molar-refractivity contribution in [3.8, 4) is 0 Å². The van der Waals surface area contributed by atoms with Gasteiger partial charge in [0.05, 0.1) is 11.1 Å². The minimum absolute atomic E-state index is 0.0184. The number of carbonyl (C=O) groups is 1. The fraction of sp³-hybridized carbons (Fsp3) is 0.375. The molecule has 20 heavy (non-hydrogen) atoms. The average molecular weight is 335 g/mol. The third-order valence-electron chi connectivity index (χ3n) is 3.32. The zero-order chi connectivity index (χ0) is 14.4. The molecule has 0 aliphatic carbocycles. The quantitative estimate of drug-likeness (QED) is 0.645. The van der Waals surface area contributed by atoms with Crippen molar-refractivity contribution in [1.82, 2.24) is 10.3 Å². The van der Waals surface area contributed by atoms with Gasteiger partial charge in [0.2, 0.25) is 0 Å². The molecule has 2 rings (SSSR count). The smallest absolute Gasteiger partial charge is 0.252 e. The number of benzene rings is 1. The Labute approximate surface area is 127 Å². The molecule has 106 valence electrons. The number of nitrogens with one attached hydrogen (secondary N) is 1. The molecular weight excluding hydrogens is 316 g/mol. The van der Waals surface area contributed by atoms with Gasteiger partial charge < -0.3 is 5.32 Å². The van der Waals surface area contributed by atoms with Crippen molar-refractivity contribution in [2.24, 2.45) is 5.92 Å². The van der Waals surface area contributed by atoms with E-state index in [1.807, 2.05) is 24.3 Å². The van der Waals surface area contributed by atoms with Crippen molar-refractivity contribution in [3.63, 3.8) is 0 Å². The van der Waals surface area contributed by atoms with E-state index in [0.29, 0.717) is 18.0 Å². The number of halogens is 1. The van der Waals surface area contributed by atoms with Crippen LogP contribution in [0.15, 0.2) is 36.5 Å². The van der Waals surface area contributed by atoms with E-state index in [4.69, 9.17) is 0 Å². The second kappa shape index (κ2) is 7.39. The maximum Gasteiger partial charge on any atom is 0.252 e. The molecule has 0 bridgehead atoms. The van der Waals surface area contributed by atoms with Gasteiger partial charge in [0.25, 0.3) is 5.91 Å². The first-order chi connectivity index (χ1) is 9.72. The van der Waals surface area contributed by atoms with Crippen LogP contribution in [-0.4, -0.2) is 22.8 Å². The van der Waals surface area contributed by atoms with Gasteiger partial charge in [-0.05, 0) is 30.9 Å². The lowest BCUT2D eigenvalue weighted by atomic mass is 10.1. The van der Waals surface area contributed by atoms with Crippen molar-refractivity contribution in [2.45, 2.75) is 19.8 Å². The number of carbonyl (C=O) groups excluding carboxylic acids is 1. The van der Waals surface area contributed by atoms with Crippen LogP contribution in [0.2, 0.25) is 0 Å². The first-order valence-electron chi connectivity index (χ1n) is 6.90. The summed E-state index contributed by atoms with van der Waals surface area (Å²) in [5.41, 5.74) is 1.55. The molecule has 0 saturated carbocycles. The summed E-state index contributed by atoms with van der Waals surface area (Å²) in [7, 11) is 0. The van der Waals surface area contributed by atoms with Crippen molar-refractivity contribution in [1.29, 1.82) is 0 Å². The maximum absolute atomic E-state index is 12.2. The molecule has 0 radical (unpaired) electrons. The molecule has 0 saturated heterocycles. The number of fused-ring (bicyclic) bond motifs is 1. The minimum atomic E-state index is -0.0184. The molecule has 0 fully saturated rings. The fourth-order valence-corrected chi connectivity index (χ4v) is 2.44. The third kappa shape index (κ3) is 3.79. The minimum Gasteiger partial charge on any atom is -0.352 e. The van der Waals surface area contributed by atoms with Gasteiger partial charge in [0.15, 0.2) is 0 Å².